The number of nitrogens with zero attached hydrogens (tertiary/aromatic N) is 2. The van der Waals surface area contributed by atoms with E-state index in [1.54, 1.807) is 30.3 Å². The molecule has 0 unspecified atom stereocenters. The van der Waals surface area contributed by atoms with Crippen molar-refractivity contribution in [2.75, 3.05) is 0 Å². The smallest absolute Gasteiger partial charge is 0.267 e. The summed E-state index contributed by atoms with van der Waals surface area (Å²) in [4.78, 5) is 13.2. The predicted molar refractivity (Wildman–Crippen MR) is 118 cm³/mol. The van der Waals surface area contributed by atoms with Crippen molar-refractivity contribution >= 4 is 40.1 Å². The number of benzene rings is 3. The van der Waals surface area contributed by atoms with E-state index in [1.165, 1.54) is 4.68 Å². The highest BCUT2D eigenvalue weighted by Crippen LogP contribution is 2.31. The molecule has 1 heterocycles. The molecule has 28 heavy (non-hydrogen) atoms. The van der Waals surface area contributed by atoms with Gasteiger partial charge >= 0.3 is 0 Å². The summed E-state index contributed by atoms with van der Waals surface area (Å²) in [6.45, 7) is 5.87. The van der Waals surface area contributed by atoms with Crippen LogP contribution in [-0.4, -0.2) is 9.78 Å². The van der Waals surface area contributed by atoms with Gasteiger partial charge in [-0.1, -0.05) is 66.2 Å². The molecule has 0 atom stereocenters. The lowest BCUT2D eigenvalue weighted by molar-refractivity contribution is 0.826. The standard InChI is InChI=1S/C23H16Cl2N2O/c1-3-15-11-14(2)12-16(13-15)21-17-7-4-5-8-18(17)23(28)27(26-21)22-19(24)9-6-10-20(22)25/h3-13H,1H2,2H3. The van der Waals surface area contributed by atoms with E-state index in [2.05, 4.69) is 11.7 Å². The molecular weight excluding hydrogens is 391 g/mol. The molecule has 0 saturated carbocycles. The first-order valence-electron chi connectivity index (χ1n) is 8.70. The lowest BCUT2D eigenvalue weighted by Crippen LogP contribution is -2.23. The van der Waals surface area contributed by atoms with Gasteiger partial charge in [-0.05, 0) is 48.4 Å². The molecule has 0 aliphatic carbocycles. The Kier molecular flexibility index (Phi) is 4.80. The molecule has 4 aromatic rings. The van der Waals surface area contributed by atoms with E-state index in [0.717, 1.165) is 22.1 Å². The zero-order valence-electron chi connectivity index (χ0n) is 15.1. The number of aryl methyl sites for hydroxylation is 1. The van der Waals surface area contributed by atoms with Crippen molar-refractivity contribution in [3.05, 3.63) is 98.8 Å². The number of hydrogen-bond donors (Lipinski definition) is 0. The second kappa shape index (κ2) is 7.27. The molecule has 5 heteroatoms. The first-order chi connectivity index (χ1) is 13.5. The minimum Gasteiger partial charge on any atom is -0.267 e. The molecule has 0 bridgehead atoms. The van der Waals surface area contributed by atoms with Crippen molar-refractivity contribution in [1.82, 2.24) is 9.78 Å². The normalized spacial score (nSPS) is 11.0. The highest BCUT2D eigenvalue weighted by Gasteiger charge is 2.17. The number of rotatable bonds is 3. The van der Waals surface area contributed by atoms with E-state index in [-0.39, 0.29) is 5.56 Å². The quantitative estimate of drug-likeness (QED) is 0.399. The Morgan fingerprint density at radius 2 is 1.64 bits per heavy atom. The largest absolute Gasteiger partial charge is 0.279 e. The summed E-state index contributed by atoms with van der Waals surface area (Å²) < 4.78 is 1.29. The minimum absolute atomic E-state index is 0.272. The van der Waals surface area contributed by atoms with Crippen molar-refractivity contribution in [1.29, 1.82) is 0 Å². The summed E-state index contributed by atoms with van der Waals surface area (Å²) >= 11 is 12.7. The summed E-state index contributed by atoms with van der Waals surface area (Å²) in [7, 11) is 0. The van der Waals surface area contributed by atoms with Gasteiger partial charge in [0, 0.05) is 10.9 Å². The monoisotopic (exact) mass is 406 g/mol. The van der Waals surface area contributed by atoms with Gasteiger partial charge in [-0.2, -0.15) is 9.78 Å². The highest BCUT2D eigenvalue weighted by atomic mass is 35.5. The van der Waals surface area contributed by atoms with Crippen LogP contribution >= 0.6 is 23.2 Å². The molecule has 3 aromatic carbocycles. The van der Waals surface area contributed by atoms with Crippen LogP contribution in [0.1, 0.15) is 11.1 Å². The van der Waals surface area contributed by atoms with Crippen LogP contribution < -0.4 is 5.56 Å². The van der Waals surface area contributed by atoms with Gasteiger partial charge in [0.1, 0.15) is 5.69 Å². The fraction of sp³-hybridized carbons (Fsp3) is 0.0435. The van der Waals surface area contributed by atoms with E-state index in [0.29, 0.717) is 26.8 Å². The Morgan fingerprint density at radius 3 is 2.32 bits per heavy atom. The molecule has 0 N–H and O–H groups in total. The average molecular weight is 407 g/mol. The number of fused-ring (bicyclic) bond motifs is 1. The molecule has 138 valence electrons. The maximum atomic E-state index is 13.2. The van der Waals surface area contributed by atoms with Crippen molar-refractivity contribution in [2.24, 2.45) is 0 Å². The summed E-state index contributed by atoms with van der Waals surface area (Å²) in [5, 5.41) is 6.72. The number of aromatic nitrogens is 2. The van der Waals surface area contributed by atoms with Gasteiger partial charge < -0.3 is 0 Å². The highest BCUT2D eigenvalue weighted by molar-refractivity contribution is 6.37. The third-order valence-corrected chi connectivity index (χ3v) is 5.17. The van der Waals surface area contributed by atoms with Gasteiger partial charge in [-0.3, -0.25) is 4.79 Å². The molecule has 3 nitrogen and oxygen atoms in total. The van der Waals surface area contributed by atoms with E-state index in [4.69, 9.17) is 23.2 Å². The molecular formula is C23H16Cl2N2O. The average Bonchev–Trinajstić information content (AvgIpc) is 2.69. The fourth-order valence-corrected chi connectivity index (χ4v) is 3.87. The lowest BCUT2D eigenvalue weighted by atomic mass is 10.0. The number of halogens is 2. The third-order valence-electron chi connectivity index (χ3n) is 4.56. The summed E-state index contributed by atoms with van der Waals surface area (Å²) in [6, 6.07) is 18.6. The number of hydrogen-bond acceptors (Lipinski definition) is 2. The molecule has 0 aliphatic heterocycles. The maximum absolute atomic E-state index is 13.2. The van der Waals surface area contributed by atoms with Crippen LogP contribution in [0.3, 0.4) is 0 Å². The van der Waals surface area contributed by atoms with Crippen LogP contribution in [0.15, 0.2) is 72.0 Å². The van der Waals surface area contributed by atoms with Crippen LogP contribution in [-0.2, 0) is 0 Å². The van der Waals surface area contributed by atoms with Crippen molar-refractivity contribution in [3.8, 4) is 16.9 Å². The lowest BCUT2D eigenvalue weighted by Gasteiger charge is -2.14. The van der Waals surface area contributed by atoms with Gasteiger partial charge in [0.05, 0.1) is 21.1 Å². The zero-order valence-corrected chi connectivity index (χ0v) is 16.6. The Labute approximate surface area is 172 Å². The van der Waals surface area contributed by atoms with Crippen molar-refractivity contribution in [3.63, 3.8) is 0 Å². The Balaban J connectivity index is 2.14. The van der Waals surface area contributed by atoms with Gasteiger partial charge in [-0.25, -0.2) is 0 Å². The molecule has 0 fully saturated rings. The Hall–Kier alpha value is -2.88. The third kappa shape index (κ3) is 3.13. The molecule has 0 aliphatic rings. The van der Waals surface area contributed by atoms with Crippen molar-refractivity contribution < 1.29 is 0 Å². The Bertz CT molecular complexity index is 1270. The molecule has 1 aromatic heterocycles. The van der Waals surface area contributed by atoms with E-state index >= 15 is 0 Å². The van der Waals surface area contributed by atoms with Crippen molar-refractivity contribution in [2.45, 2.75) is 6.92 Å². The molecule has 0 saturated heterocycles. The summed E-state index contributed by atoms with van der Waals surface area (Å²) in [6.07, 6.45) is 1.79. The fourth-order valence-electron chi connectivity index (χ4n) is 3.31. The molecule has 0 spiro atoms. The van der Waals surface area contributed by atoms with Gasteiger partial charge in [0.15, 0.2) is 0 Å². The zero-order chi connectivity index (χ0) is 19.8. The van der Waals surface area contributed by atoms with E-state index in [1.807, 2.05) is 43.3 Å². The molecule has 0 amide bonds. The number of para-hydroxylation sites is 1. The van der Waals surface area contributed by atoms with Crippen LogP contribution in [0.5, 0.6) is 0 Å². The second-order valence-electron chi connectivity index (χ2n) is 6.52. The van der Waals surface area contributed by atoms with Crippen LogP contribution in [0, 0.1) is 6.92 Å². The predicted octanol–water partition coefficient (Wildman–Crippen LogP) is 6.31. The van der Waals surface area contributed by atoms with Gasteiger partial charge in [0.2, 0.25) is 0 Å². The SMILES string of the molecule is C=Cc1cc(C)cc(-c2nn(-c3c(Cl)cccc3Cl)c(=O)c3ccccc23)c1. The topological polar surface area (TPSA) is 34.9 Å². The maximum Gasteiger partial charge on any atom is 0.279 e. The van der Waals surface area contributed by atoms with Crippen LogP contribution in [0.2, 0.25) is 10.0 Å². The van der Waals surface area contributed by atoms with Crippen LogP contribution in [0.4, 0.5) is 0 Å². The molecule has 0 radical (unpaired) electrons. The molecule has 4 rings (SSSR count). The summed E-state index contributed by atoms with van der Waals surface area (Å²) in [5.74, 6) is 0. The van der Waals surface area contributed by atoms with Gasteiger partial charge in [0.25, 0.3) is 5.56 Å². The van der Waals surface area contributed by atoms with E-state index in [9.17, 15) is 4.79 Å². The van der Waals surface area contributed by atoms with Gasteiger partial charge in [-0.15, -0.1) is 0 Å². The minimum atomic E-state index is -0.272. The van der Waals surface area contributed by atoms with E-state index < -0.39 is 0 Å². The summed E-state index contributed by atoms with van der Waals surface area (Å²) in [5.41, 5.74) is 3.73. The Morgan fingerprint density at radius 1 is 0.964 bits per heavy atom. The first-order valence-corrected chi connectivity index (χ1v) is 9.46. The first kappa shape index (κ1) is 18.5. The second-order valence-corrected chi connectivity index (χ2v) is 7.33. The van der Waals surface area contributed by atoms with Crippen LogP contribution in [0.25, 0.3) is 33.8 Å².